The normalized spacial score (nSPS) is 57.7. The Bertz CT molecular complexity index is 139. The van der Waals surface area contributed by atoms with Gasteiger partial charge in [0.1, 0.15) is 0 Å². The van der Waals surface area contributed by atoms with E-state index in [1.54, 1.807) is 0 Å². The van der Waals surface area contributed by atoms with Crippen LogP contribution in [0.1, 0.15) is 20.3 Å². The van der Waals surface area contributed by atoms with Gasteiger partial charge < -0.3 is 4.90 Å². The molecule has 0 aromatic rings. The van der Waals surface area contributed by atoms with Crippen molar-refractivity contribution in [1.82, 2.24) is 4.90 Å². The maximum Gasteiger partial charge on any atom is 0.00384 e. The lowest BCUT2D eigenvalue weighted by molar-refractivity contribution is 0.336. The molecule has 0 bridgehead atoms. The highest BCUT2D eigenvalue weighted by Crippen LogP contribution is 2.67. The number of hydrogen-bond donors (Lipinski definition) is 0. The molecule has 2 rings (SSSR count). The lowest BCUT2D eigenvalue weighted by Crippen LogP contribution is -2.19. The molecule has 1 nitrogen and oxygen atoms in total. The number of likely N-dealkylation sites (tertiary alicyclic amines) is 1. The maximum absolute atomic E-state index is 2.45. The Hall–Kier alpha value is -0.0400. The van der Waals surface area contributed by atoms with E-state index < -0.39 is 0 Å². The molecule has 0 amide bonds. The zero-order chi connectivity index (χ0) is 6.70. The van der Waals surface area contributed by atoms with Gasteiger partial charge in [-0.1, -0.05) is 13.8 Å². The topological polar surface area (TPSA) is 3.24 Å². The van der Waals surface area contributed by atoms with Crippen molar-refractivity contribution in [2.24, 2.45) is 10.8 Å². The summed E-state index contributed by atoms with van der Waals surface area (Å²) in [5.41, 5.74) is 1.39. The van der Waals surface area contributed by atoms with Crippen LogP contribution in [0.3, 0.4) is 0 Å². The molecule has 1 heteroatoms. The standard InChI is InChI=1S/C8H15N/c1-7-4-8(7,2)6-9(3)5-7/h4-6H2,1-3H3. The predicted octanol–water partition coefficient (Wildman–Crippen LogP) is 1.35. The summed E-state index contributed by atoms with van der Waals surface area (Å²) in [7, 11) is 2.22. The van der Waals surface area contributed by atoms with Crippen molar-refractivity contribution >= 4 is 0 Å². The Kier molecular flexibility index (Phi) is 0.760. The fraction of sp³-hybridized carbons (Fsp3) is 1.00. The summed E-state index contributed by atoms with van der Waals surface area (Å²) in [5, 5.41) is 0. The van der Waals surface area contributed by atoms with E-state index in [0.717, 1.165) is 0 Å². The van der Waals surface area contributed by atoms with E-state index >= 15 is 0 Å². The summed E-state index contributed by atoms with van der Waals surface area (Å²) in [6, 6.07) is 0. The second-order valence-electron chi connectivity index (χ2n) is 4.47. The van der Waals surface area contributed by atoms with Gasteiger partial charge in [-0.2, -0.15) is 0 Å². The van der Waals surface area contributed by atoms with Crippen LogP contribution in [0.5, 0.6) is 0 Å². The summed E-state index contributed by atoms with van der Waals surface area (Å²) < 4.78 is 0. The third-order valence-electron chi connectivity index (χ3n) is 3.35. The molecule has 0 aromatic carbocycles. The number of piperidine rings is 1. The summed E-state index contributed by atoms with van der Waals surface area (Å²) in [6.07, 6.45) is 1.46. The minimum atomic E-state index is 0.696. The number of fused-ring (bicyclic) bond motifs is 1. The molecular weight excluding hydrogens is 110 g/mol. The first-order chi connectivity index (χ1) is 4.06. The third kappa shape index (κ3) is 0.536. The minimum Gasteiger partial charge on any atom is -0.305 e. The van der Waals surface area contributed by atoms with Gasteiger partial charge >= 0.3 is 0 Å². The third-order valence-corrected chi connectivity index (χ3v) is 3.35. The van der Waals surface area contributed by atoms with Crippen LogP contribution in [-0.4, -0.2) is 25.0 Å². The van der Waals surface area contributed by atoms with Crippen LogP contribution in [0.15, 0.2) is 0 Å². The second kappa shape index (κ2) is 1.20. The first-order valence-corrected chi connectivity index (χ1v) is 3.74. The number of rotatable bonds is 0. The molecule has 1 aliphatic heterocycles. The van der Waals surface area contributed by atoms with Crippen molar-refractivity contribution in [2.75, 3.05) is 20.1 Å². The highest BCUT2D eigenvalue weighted by molar-refractivity contribution is 5.16. The zero-order valence-corrected chi connectivity index (χ0v) is 6.57. The fourth-order valence-electron chi connectivity index (χ4n) is 2.56. The van der Waals surface area contributed by atoms with Crippen LogP contribution in [-0.2, 0) is 0 Å². The van der Waals surface area contributed by atoms with Crippen molar-refractivity contribution < 1.29 is 0 Å². The molecule has 52 valence electrons. The monoisotopic (exact) mass is 125 g/mol. The predicted molar refractivity (Wildman–Crippen MR) is 38.3 cm³/mol. The Morgan fingerprint density at radius 2 is 1.56 bits per heavy atom. The average molecular weight is 125 g/mol. The highest BCUT2D eigenvalue weighted by atomic mass is 15.2. The van der Waals surface area contributed by atoms with Gasteiger partial charge in [-0.3, -0.25) is 0 Å². The molecule has 2 aliphatic rings. The first kappa shape index (κ1) is 5.72. The lowest BCUT2D eigenvalue weighted by Gasteiger charge is -2.11. The fourth-order valence-corrected chi connectivity index (χ4v) is 2.56. The molecule has 1 saturated heterocycles. The number of hydrogen-bond acceptors (Lipinski definition) is 1. The molecule has 0 radical (unpaired) electrons. The van der Waals surface area contributed by atoms with Gasteiger partial charge in [-0.25, -0.2) is 0 Å². The highest BCUT2D eigenvalue weighted by Gasteiger charge is 2.65. The van der Waals surface area contributed by atoms with Gasteiger partial charge in [0, 0.05) is 13.1 Å². The van der Waals surface area contributed by atoms with Gasteiger partial charge in [0.15, 0.2) is 0 Å². The van der Waals surface area contributed by atoms with E-state index in [9.17, 15) is 0 Å². The van der Waals surface area contributed by atoms with Crippen LogP contribution < -0.4 is 0 Å². The SMILES string of the molecule is CN1CC2(C)CC2(C)C1. The Balaban J connectivity index is 2.20. The van der Waals surface area contributed by atoms with E-state index in [0.29, 0.717) is 10.8 Å². The molecular formula is C8H15N. The Morgan fingerprint density at radius 3 is 1.78 bits per heavy atom. The molecule has 1 aliphatic carbocycles. The summed E-state index contributed by atoms with van der Waals surface area (Å²) in [4.78, 5) is 2.45. The van der Waals surface area contributed by atoms with Crippen molar-refractivity contribution in [2.45, 2.75) is 20.3 Å². The van der Waals surface area contributed by atoms with Crippen LogP contribution >= 0.6 is 0 Å². The van der Waals surface area contributed by atoms with Gasteiger partial charge in [0.2, 0.25) is 0 Å². The van der Waals surface area contributed by atoms with Crippen LogP contribution in [0, 0.1) is 10.8 Å². The Morgan fingerprint density at radius 1 is 1.11 bits per heavy atom. The van der Waals surface area contributed by atoms with E-state index in [1.165, 1.54) is 19.5 Å². The van der Waals surface area contributed by atoms with Crippen LogP contribution in [0.4, 0.5) is 0 Å². The van der Waals surface area contributed by atoms with Crippen molar-refractivity contribution in [3.8, 4) is 0 Å². The van der Waals surface area contributed by atoms with Gasteiger partial charge in [0.05, 0.1) is 0 Å². The molecule has 1 saturated carbocycles. The average Bonchev–Trinajstić information content (AvgIpc) is 1.97. The molecule has 1 heterocycles. The smallest absolute Gasteiger partial charge is 0.00384 e. The Labute approximate surface area is 57.0 Å². The van der Waals surface area contributed by atoms with Gasteiger partial charge in [-0.15, -0.1) is 0 Å². The maximum atomic E-state index is 2.45. The molecule has 0 aromatic heterocycles. The minimum absolute atomic E-state index is 0.696. The molecule has 2 fully saturated rings. The lowest BCUT2D eigenvalue weighted by atomic mass is 10.0. The van der Waals surface area contributed by atoms with Crippen molar-refractivity contribution in [3.05, 3.63) is 0 Å². The zero-order valence-electron chi connectivity index (χ0n) is 6.57. The van der Waals surface area contributed by atoms with Crippen LogP contribution in [0.25, 0.3) is 0 Å². The molecule has 0 spiro atoms. The van der Waals surface area contributed by atoms with E-state index in [1.807, 2.05) is 0 Å². The molecule has 9 heavy (non-hydrogen) atoms. The molecule has 0 N–H and O–H groups in total. The number of nitrogens with zero attached hydrogens (tertiary/aromatic N) is 1. The van der Waals surface area contributed by atoms with E-state index in [-0.39, 0.29) is 0 Å². The second-order valence-corrected chi connectivity index (χ2v) is 4.47. The van der Waals surface area contributed by atoms with Gasteiger partial charge in [0.25, 0.3) is 0 Å². The summed E-state index contributed by atoms with van der Waals surface area (Å²) in [5.74, 6) is 0. The van der Waals surface area contributed by atoms with E-state index in [2.05, 4.69) is 25.8 Å². The molecule has 2 atom stereocenters. The van der Waals surface area contributed by atoms with Crippen molar-refractivity contribution in [1.29, 1.82) is 0 Å². The largest absolute Gasteiger partial charge is 0.305 e. The van der Waals surface area contributed by atoms with Crippen molar-refractivity contribution in [3.63, 3.8) is 0 Å². The van der Waals surface area contributed by atoms with Gasteiger partial charge in [-0.05, 0) is 24.3 Å². The first-order valence-electron chi connectivity index (χ1n) is 3.74. The van der Waals surface area contributed by atoms with Crippen LogP contribution in [0.2, 0.25) is 0 Å². The molecule has 2 unspecified atom stereocenters. The quantitative estimate of drug-likeness (QED) is 0.472. The summed E-state index contributed by atoms with van der Waals surface area (Å²) in [6.45, 7) is 7.47. The summed E-state index contributed by atoms with van der Waals surface area (Å²) >= 11 is 0. The van der Waals surface area contributed by atoms with E-state index in [4.69, 9.17) is 0 Å².